The van der Waals surface area contributed by atoms with E-state index in [0.717, 1.165) is 19.3 Å². The molecule has 13 heavy (non-hydrogen) atoms. The van der Waals surface area contributed by atoms with Crippen LogP contribution in [-0.4, -0.2) is 13.1 Å². The van der Waals surface area contributed by atoms with Crippen LogP contribution in [0.2, 0.25) is 0 Å². The molecule has 1 fully saturated rings. The first-order valence-corrected chi connectivity index (χ1v) is 4.88. The smallest absolute Gasteiger partial charge is 0.305 e. The molecule has 1 aliphatic rings. The van der Waals surface area contributed by atoms with Crippen LogP contribution in [0.3, 0.4) is 0 Å². The highest BCUT2D eigenvalue weighted by atomic mass is 16.5. The molecule has 0 aromatic rings. The molecular weight excluding hydrogens is 164 g/mol. The molecule has 0 aromatic carbocycles. The first-order valence-electron chi connectivity index (χ1n) is 4.88. The monoisotopic (exact) mass is 180 g/mol. The van der Waals surface area contributed by atoms with Gasteiger partial charge in [-0.15, -0.1) is 5.92 Å². The van der Waals surface area contributed by atoms with Crippen LogP contribution in [0.1, 0.15) is 38.5 Å². The number of ether oxygens (including phenoxy) is 1. The van der Waals surface area contributed by atoms with Gasteiger partial charge in [-0.25, -0.2) is 0 Å². The molecule has 0 radical (unpaired) electrons. The van der Waals surface area contributed by atoms with Crippen LogP contribution in [0.5, 0.6) is 0 Å². The Labute approximate surface area is 79.7 Å². The Morgan fingerprint density at radius 2 is 2.23 bits per heavy atom. The lowest BCUT2D eigenvalue weighted by Crippen LogP contribution is -1.98. The second-order valence-corrected chi connectivity index (χ2v) is 3.38. The first kappa shape index (κ1) is 10.1. The lowest BCUT2D eigenvalue weighted by atomic mass is 10.2. The standard InChI is InChI=1S/C11H16O2/c1-13-11(12)7-5-3-2-4-6-10-8-9-10/h10H,2-3,5,7-9H2,1H3. The van der Waals surface area contributed by atoms with Crippen molar-refractivity contribution >= 4 is 5.97 Å². The molecule has 0 aliphatic heterocycles. The predicted molar refractivity (Wildman–Crippen MR) is 51.0 cm³/mol. The maximum absolute atomic E-state index is 10.7. The van der Waals surface area contributed by atoms with Crippen molar-refractivity contribution in [3.63, 3.8) is 0 Å². The molecular formula is C11H16O2. The quantitative estimate of drug-likeness (QED) is 0.376. The van der Waals surface area contributed by atoms with E-state index in [1.165, 1.54) is 20.0 Å². The van der Waals surface area contributed by atoms with Gasteiger partial charge < -0.3 is 4.74 Å². The highest BCUT2D eigenvalue weighted by Crippen LogP contribution is 2.27. The maximum atomic E-state index is 10.7. The number of unbranched alkanes of at least 4 members (excludes halogenated alkanes) is 2. The van der Waals surface area contributed by atoms with Crippen molar-refractivity contribution in [3.8, 4) is 11.8 Å². The van der Waals surface area contributed by atoms with Crippen molar-refractivity contribution in [1.82, 2.24) is 0 Å². The van der Waals surface area contributed by atoms with Crippen molar-refractivity contribution in [3.05, 3.63) is 0 Å². The summed E-state index contributed by atoms with van der Waals surface area (Å²) >= 11 is 0. The molecule has 0 bridgehead atoms. The van der Waals surface area contributed by atoms with Crippen LogP contribution in [0, 0.1) is 17.8 Å². The van der Waals surface area contributed by atoms with E-state index in [1.54, 1.807) is 0 Å². The summed E-state index contributed by atoms with van der Waals surface area (Å²) in [6, 6.07) is 0. The lowest BCUT2D eigenvalue weighted by Gasteiger charge is -1.95. The zero-order valence-electron chi connectivity index (χ0n) is 8.14. The topological polar surface area (TPSA) is 26.3 Å². The van der Waals surface area contributed by atoms with Gasteiger partial charge >= 0.3 is 5.97 Å². The third kappa shape index (κ3) is 5.30. The largest absolute Gasteiger partial charge is 0.469 e. The highest BCUT2D eigenvalue weighted by Gasteiger charge is 2.17. The van der Waals surface area contributed by atoms with E-state index in [-0.39, 0.29) is 5.97 Å². The first-order chi connectivity index (χ1) is 6.33. The molecule has 0 unspecified atom stereocenters. The number of carbonyl (C=O) groups is 1. The van der Waals surface area contributed by atoms with Crippen molar-refractivity contribution < 1.29 is 9.53 Å². The van der Waals surface area contributed by atoms with Crippen LogP contribution in [0.4, 0.5) is 0 Å². The zero-order valence-corrected chi connectivity index (χ0v) is 8.14. The number of esters is 1. The van der Waals surface area contributed by atoms with E-state index >= 15 is 0 Å². The van der Waals surface area contributed by atoms with E-state index in [0.29, 0.717) is 12.3 Å². The molecule has 2 heteroatoms. The van der Waals surface area contributed by atoms with Crippen molar-refractivity contribution in [2.75, 3.05) is 7.11 Å². The second kappa shape index (κ2) is 5.64. The van der Waals surface area contributed by atoms with E-state index in [1.807, 2.05) is 0 Å². The van der Waals surface area contributed by atoms with Gasteiger partial charge in [0.05, 0.1) is 7.11 Å². The Morgan fingerprint density at radius 3 is 2.85 bits per heavy atom. The van der Waals surface area contributed by atoms with Crippen LogP contribution >= 0.6 is 0 Å². The second-order valence-electron chi connectivity index (χ2n) is 3.38. The average molecular weight is 180 g/mol. The molecule has 0 spiro atoms. The normalized spacial score (nSPS) is 14.5. The lowest BCUT2D eigenvalue weighted by molar-refractivity contribution is -0.140. The summed E-state index contributed by atoms with van der Waals surface area (Å²) < 4.78 is 4.53. The van der Waals surface area contributed by atoms with Gasteiger partial charge in [-0.1, -0.05) is 5.92 Å². The van der Waals surface area contributed by atoms with Gasteiger partial charge in [-0.3, -0.25) is 4.79 Å². The Balaban J connectivity index is 1.89. The number of hydrogen-bond donors (Lipinski definition) is 0. The van der Waals surface area contributed by atoms with Crippen molar-refractivity contribution in [2.45, 2.75) is 38.5 Å². The predicted octanol–water partition coefficient (Wildman–Crippen LogP) is 2.13. The fraction of sp³-hybridized carbons (Fsp3) is 0.727. The number of methoxy groups -OCH3 is 1. The number of hydrogen-bond acceptors (Lipinski definition) is 2. The molecule has 2 nitrogen and oxygen atoms in total. The van der Waals surface area contributed by atoms with E-state index in [9.17, 15) is 4.79 Å². The Bertz CT molecular complexity index is 218. The number of rotatable bonds is 4. The summed E-state index contributed by atoms with van der Waals surface area (Å²) in [5.74, 6) is 6.91. The summed E-state index contributed by atoms with van der Waals surface area (Å²) in [6.45, 7) is 0. The molecule has 72 valence electrons. The highest BCUT2D eigenvalue weighted by molar-refractivity contribution is 5.68. The van der Waals surface area contributed by atoms with Gasteiger partial charge in [0, 0.05) is 18.8 Å². The minimum absolute atomic E-state index is 0.116. The molecule has 0 atom stereocenters. The van der Waals surface area contributed by atoms with Gasteiger partial charge in [-0.05, 0) is 25.7 Å². The molecule has 0 heterocycles. The van der Waals surface area contributed by atoms with Gasteiger partial charge in [0.15, 0.2) is 0 Å². The zero-order chi connectivity index (χ0) is 9.52. The van der Waals surface area contributed by atoms with Gasteiger partial charge in [0.25, 0.3) is 0 Å². The Kier molecular flexibility index (Phi) is 4.39. The summed E-state index contributed by atoms with van der Waals surface area (Å²) in [5.41, 5.74) is 0. The van der Waals surface area contributed by atoms with Crippen LogP contribution in [0.25, 0.3) is 0 Å². The minimum Gasteiger partial charge on any atom is -0.469 e. The molecule has 1 aliphatic carbocycles. The van der Waals surface area contributed by atoms with Crippen molar-refractivity contribution in [2.24, 2.45) is 5.92 Å². The summed E-state index contributed by atoms with van der Waals surface area (Å²) in [4.78, 5) is 10.7. The molecule has 1 saturated carbocycles. The summed E-state index contributed by atoms with van der Waals surface area (Å²) in [7, 11) is 1.43. The number of carbonyl (C=O) groups excluding carboxylic acids is 1. The fourth-order valence-corrected chi connectivity index (χ4v) is 1.03. The third-order valence-corrected chi connectivity index (χ3v) is 2.04. The summed E-state index contributed by atoms with van der Waals surface area (Å²) in [5, 5.41) is 0. The molecule has 0 amide bonds. The maximum Gasteiger partial charge on any atom is 0.305 e. The van der Waals surface area contributed by atoms with E-state index in [4.69, 9.17) is 0 Å². The van der Waals surface area contributed by atoms with Crippen LogP contribution < -0.4 is 0 Å². The SMILES string of the molecule is COC(=O)CCCCC#CC1CC1. The fourth-order valence-electron chi connectivity index (χ4n) is 1.03. The molecule has 1 rings (SSSR count). The average Bonchev–Trinajstić information content (AvgIpc) is 2.94. The Morgan fingerprint density at radius 1 is 1.46 bits per heavy atom. The molecule has 0 N–H and O–H groups in total. The van der Waals surface area contributed by atoms with E-state index in [2.05, 4.69) is 16.6 Å². The van der Waals surface area contributed by atoms with Crippen molar-refractivity contribution in [1.29, 1.82) is 0 Å². The van der Waals surface area contributed by atoms with Gasteiger partial charge in [-0.2, -0.15) is 0 Å². The minimum atomic E-state index is -0.116. The van der Waals surface area contributed by atoms with E-state index < -0.39 is 0 Å². The van der Waals surface area contributed by atoms with Gasteiger partial charge in [0.1, 0.15) is 0 Å². The molecule has 0 aromatic heterocycles. The Hall–Kier alpha value is -0.970. The van der Waals surface area contributed by atoms with Crippen LogP contribution in [-0.2, 0) is 9.53 Å². The third-order valence-electron chi connectivity index (χ3n) is 2.04. The molecule has 0 saturated heterocycles. The summed E-state index contributed by atoms with van der Waals surface area (Å²) in [6.07, 6.45) is 5.93. The van der Waals surface area contributed by atoms with Crippen LogP contribution in [0.15, 0.2) is 0 Å². The van der Waals surface area contributed by atoms with Gasteiger partial charge in [0.2, 0.25) is 0 Å².